The highest BCUT2D eigenvalue weighted by Crippen LogP contribution is 1.95. The van der Waals surface area contributed by atoms with Crippen LogP contribution in [-0.4, -0.2) is 51.2 Å². The molecule has 0 aromatic rings. The molecule has 0 bridgehead atoms. The third-order valence-corrected chi connectivity index (χ3v) is 2.40. The van der Waals surface area contributed by atoms with E-state index in [9.17, 15) is 4.79 Å². The third-order valence-electron chi connectivity index (χ3n) is 2.40. The average Bonchev–Trinajstić information content (AvgIpc) is 2.25. The van der Waals surface area contributed by atoms with Gasteiger partial charge in [-0.2, -0.15) is 0 Å². The Hall–Kier alpha value is -0.610. The van der Waals surface area contributed by atoms with Crippen molar-refractivity contribution in [3.8, 4) is 0 Å². The molecule has 0 aliphatic carbocycles. The van der Waals surface area contributed by atoms with Gasteiger partial charge in [0.15, 0.2) is 0 Å². The molecule has 0 saturated carbocycles. The first-order valence-electron chi connectivity index (χ1n) is 6.14. The Balaban J connectivity index is 3.39. The first kappa shape index (κ1) is 15.4. The predicted molar refractivity (Wildman–Crippen MR) is 66.5 cm³/mol. The molecule has 0 rings (SSSR count). The first-order valence-corrected chi connectivity index (χ1v) is 6.14. The Morgan fingerprint density at radius 1 is 1.31 bits per heavy atom. The lowest BCUT2D eigenvalue weighted by Crippen LogP contribution is -2.36. The second kappa shape index (κ2) is 10.9. The van der Waals surface area contributed by atoms with Crippen LogP contribution in [0.2, 0.25) is 0 Å². The van der Waals surface area contributed by atoms with Crippen LogP contribution in [-0.2, 0) is 9.53 Å². The highest BCUT2D eigenvalue weighted by Gasteiger charge is 2.04. The van der Waals surface area contributed by atoms with Gasteiger partial charge in [0.25, 0.3) is 0 Å². The molecule has 0 spiro atoms. The molecule has 0 heterocycles. The van der Waals surface area contributed by atoms with Crippen molar-refractivity contribution in [1.29, 1.82) is 0 Å². The second-order valence-corrected chi connectivity index (χ2v) is 4.14. The van der Waals surface area contributed by atoms with E-state index in [2.05, 4.69) is 17.1 Å². The summed E-state index contributed by atoms with van der Waals surface area (Å²) < 4.78 is 4.91. The average molecular weight is 230 g/mol. The molecule has 4 heteroatoms. The number of methoxy groups -OCH3 is 1. The molecule has 1 amide bonds. The van der Waals surface area contributed by atoms with Crippen LogP contribution in [0.5, 0.6) is 0 Å². The molecule has 0 saturated heterocycles. The van der Waals surface area contributed by atoms with E-state index in [1.54, 1.807) is 7.11 Å². The maximum atomic E-state index is 11.5. The van der Waals surface area contributed by atoms with Gasteiger partial charge in [-0.3, -0.25) is 9.69 Å². The number of amides is 1. The maximum absolute atomic E-state index is 11.5. The molecule has 0 unspecified atom stereocenters. The van der Waals surface area contributed by atoms with Crippen LogP contribution in [0.1, 0.15) is 32.6 Å². The van der Waals surface area contributed by atoms with Gasteiger partial charge < -0.3 is 10.1 Å². The normalized spacial score (nSPS) is 10.8. The smallest absolute Gasteiger partial charge is 0.234 e. The van der Waals surface area contributed by atoms with Crippen molar-refractivity contribution in [3.63, 3.8) is 0 Å². The summed E-state index contributed by atoms with van der Waals surface area (Å²) in [6, 6.07) is 0. The molecule has 96 valence electrons. The summed E-state index contributed by atoms with van der Waals surface area (Å²) in [7, 11) is 3.66. The van der Waals surface area contributed by atoms with Crippen LogP contribution >= 0.6 is 0 Å². The fourth-order valence-electron chi connectivity index (χ4n) is 1.46. The molecule has 0 radical (unpaired) electrons. The van der Waals surface area contributed by atoms with Gasteiger partial charge in [0.1, 0.15) is 0 Å². The zero-order valence-electron chi connectivity index (χ0n) is 10.9. The lowest BCUT2D eigenvalue weighted by molar-refractivity contribution is -0.122. The quantitative estimate of drug-likeness (QED) is 0.575. The largest absolute Gasteiger partial charge is 0.385 e. The summed E-state index contributed by atoms with van der Waals surface area (Å²) in [6.07, 6.45) is 4.50. The number of rotatable bonds is 10. The van der Waals surface area contributed by atoms with E-state index in [1.165, 1.54) is 19.3 Å². The van der Waals surface area contributed by atoms with Crippen LogP contribution in [0.25, 0.3) is 0 Å². The fourth-order valence-corrected chi connectivity index (χ4v) is 1.46. The Kier molecular flexibility index (Phi) is 10.5. The van der Waals surface area contributed by atoms with E-state index < -0.39 is 0 Å². The lowest BCUT2D eigenvalue weighted by Gasteiger charge is -2.15. The SMILES string of the molecule is CCCCCN(C)CC(=O)NCCCOC. The van der Waals surface area contributed by atoms with Crippen molar-refractivity contribution < 1.29 is 9.53 Å². The van der Waals surface area contributed by atoms with E-state index in [-0.39, 0.29) is 5.91 Å². The zero-order valence-corrected chi connectivity index (χ0v) is 10.9. The van der Waals surface area contributed by atoms with Crippen molar-refractivity contribution in [2.24, 2.45) is 0 Å². The Morgan fingerprint density at radius 2 is 2.06 bits per heavy atom. The van der Waals surface area contributed by atoms with Gasteiger partial charge in [0.05, 0.1) is 6.54 Å². The first-order chi connectivity index (χ1) is 7.70. The van der Waals surface area contributed by atoms with E-state index in [0.29, 0.717) is 19.7 Å². The third kappa shape index (κ3) is 9.93. The molecular weight excluding hydrogens is 204 g/mol. The number of hydrogen-bond acceptors (Lipinski definition) is 3. The van der Waals surface area contributed by atoms with Crippen LogP contribution in [0, 0.1) is 0 Å². The molecule has 16 heavy (non-hydrogen) atoms. The van der Waals surface area contributed by atoms with Crippen LogP contribution in [0.3, 0.4) is 0 Å². The predicted octanol–water partition coefficient (Wildman–Crippen LogP) is 1.26. The van der Waals surface area contributed by atoms with Crippen molar-refractivity contribution in [2.75, 3.05) is 40.4 Å². The van der Waals surface area contributed by atoms with E-state index in [0.717, 1.165) is 13.0 Å². The fraction of sp³-hybridized carbons (Fsp3) is 0.917. The van der Waals surface area contributed by atoms with Gasteiger partial charge in [0.2, 0.25) is 5.91 Å². The van der Waals surface area contributed by atoms with Gasteiger partial charge in [-0.05, 0) is 26.4 Å². The highest BCUT2D eigenvalue weighted by molar-refractivity contribution is 5.77. The molecule has 4 nitrogen and oxygen atoms in total. The Bertz CT molecular complexity index is 174. The van der Waals surface area contributed by atoms with E-state index in [4.69, 9.17) is 4.74 Å². The summed E-state index contributed by atoms with van der Waals surface area (Å²) in [5.41, 5.74) is 0. The Labute approximate surface area is 99.3 Å². The van der Waals surface area contributed by atoms with Crippen molar-refractivity contribution in [3.05, 3.63) is 0 Å². The van der Waals surface area contributed by atoms with Crippen molar-refractivity contribution in [1.82, 2.24) is 10.2 Å². The Morgan fingerprint density at radius 3 is 2.69 bits per heavy atom. The maximum Gasteiger partial charge on any atom is 0.234 e. The molecule has 0 aromatic heterocycles. The van der Waals surface area contributed by atoms with Crippen LogP contribution < -0.4 is 5.32 Å². The summed E-state index contributed by atoms with van der Waals surface area (Å²) in [5.74, 6) is 0.107. The van der Waals surface area contributed by atoms with Gasteiger partial charge in [-0.25, -0.2) is 0 Å². The number of hydrogen-bond donors (Lipinski definition) is 1. The molecule has 0 atom stereocenters. The number of nitrogens with one attached hydrogen (secondary N) is 1. The number of likely N-dealkylation sites (N-methyl/N-ethyl adjacent to an activating group) is 1. The topological polar surface area (TPSA) is 41.6 Å². The van der Waals surface area contributed by atoms with Gasteiger partial charge in [0, 0.05) is 20.3 Å². The van der Waals surface area contributed by atoms with Gasteiger partial charge in [-0.1, -0.05) is 19.8 Å². The molecule has 1 N–H and O–H groups in total. The summed E-state index contributed by atoms with van der Waals surface area (Å²) in [4.78, 5) is 13.5. The number of carbonyl (C=O) groups is 1. The molecule has 0 aromatic carbocycles. The highest BCUT2D eigenvalue weighted by atomic mass is 16.5. The minimum atomic E-state index is 0.107. The van der Waals surface area contributed by atoms with Crippen LogP contribution in [0.15, 0.2) is 0 Å². The van der Waals surface area contributed by atoms with E-state index in [1.807, 2.05) is 7.05 Å². The zero-order chi connectivity index (χ0) is 12.2. The summed E-state index contributed by atoms with van der Waals surface area (Å²) in [6.45, 7) is 5.08. The number of unbranched alkanes of at least 4 members (excludes halogenated alkanes) is 2. The van der Waals surface area contributed by atoms with Crippen LogP contribution in [0.4, 0.5) is 0 Å². The summed E-state index contributed by atoms with van der Waals surface area (Å²) in [5, 5.41) is 2.88. The summed E-state index contributed by atoms with van der Waals surface area (Å²) >= 11 is 0. The van der Waals surface area contributed by atoms with Crippen molar-refractivity contribution >= 4 is 5.91 Å². The molecule has 0 aliphatic heterocycles. The monoisotopic (exact) mass is 230 g/mol. The minimum absolute atomic E-state index is 0.107. The van der Waals surface area contributed by atoms with Gasteiger partial charge >= 0.3 is 0 Å². The molecule has 0 fully saturated rings. The van der Waals surface area contributed by atoms with Crippen molar-refractivity contribution in [2.45, 2.75) is 32.6 Å². The lowest BCUT2D eigenvalue weighted by atomic mass is 10.2. The standard InChI is InChI=1S/C12H26N2O2/c1-4-5-6-9-14(2)11-12(15)13-8-7-10-16-3/h4-11H2,1-3H3,(H,13,15). The van der Waals surface area contributed by atoms with Gasteiger partial charge in [-0.15, -0.1) is 0 Å². The number of carbonyl (C=O) groups excluding carboxylic acids is 1. The second-order valence-electron chi connectivity index (χ2n) is 4.14. The molecule has 0 aliphatic rings. The van der Waals surface area contributed by atoms with E-state index >= 15 is 0 Å². The number of nitrogens with zero attached hydrogens (tertiary/aromatic N) is 1. The number of ether oxygens (including phenoxy) is 1. The minimum Gasteiger partial charge on any atom is -0.385 e. The molecular formula is C12H26N2O2.